The van der Waals surface area contributed by atoms with Crippen LogP contribution in [0.1, 0.15) is 23.2 Å². The zero-order valence-electron chi connectivity index (χ0n) is 15.4. The van der Waals surface area contributed by atoms with Crippen LogP contribution in [0.2, 0.25) is 0 Å². The molecule has 10 nitrogen and oxygen atoms in total. The van der Waals surface area contributed by atoms with Gasteiger partial charge in [0, 0.05) is 24.4 Å². The van der Waals surface area contributed by atoms with E-state index >= 15 is 0 Å². The summed E-state index contributed by atoms with van der Waals surface area (Å²) < 4.78 is 5.39. The van der Waals surface area contributed by atoms with Crippen molar-refractivity contribution in [2.75, 3.05) is 21.7 Å². The molecule has 1 aromatic carbocycles. The Labute approximate surface area is 173 Å². The zero-order chi connectivity index (χ0) is 20.8. The molecule has 0 saturated heterocycles. The fourth-order valence-corrected chi connectivity index (χ4v) is 3.66. The number of nitrogens with one attached hydrogen (secondary N) is 3. The van der Waals surface area contributed by atoms with Crippen molar-refractivity contribution in [2.45, 2.75) is 18.2 Å². The summed E-state index contributed by atoms with van der Waals surface area (Å²) in [5.41, 5.74) is 1.41. The van der Waals surface area contributed by atoms with E-state index in [1.807, 2.05) is 0 Å². The number of carbonyl (C=O) groups excluding carboxylic acids is 3. The molecule has 0 aliphatic heterocycles. The Morgan fingerprint density at radius 2 is 1.76 bits per heavy atom. The van der Waals surface area contributed by atoms with E-state index in [9.17, 15) is 14.4 Å². The predicted molar refractivity (Wildman–Crippen MR) is 109 cm³/mol. The second-order valence-electron chi connectivity index (χ2n) is 5.75. The highest BCUT2D eigenvalue weighted by molar-refractivity contribution is 8.01. The maximum absolute atomic E-state index is 12.1. The highest BCUT2D eigenvalue weighted by atomic mass is 32.2. The number of thioether (sulfide) groups is 1. The number of benzene rings is 1. The van der Waals surface area contributed by atoms with Gasteiger partial charge in [-0.1, -0.05) is 28.3 Å². The van der Waals surface area contributed by atoms with Gasteiger partial charge in [-0.2, -0.15) is 0 Å². The lowest BCUT2D eigenvalue weighted by atomic mass is 10.3. The minimum Gasteiger partial charge on any atom is -0.361 e. The lowest BCUT2D eigenvalue weighted by Crippen LogP contribution is -2.14. The number of amides is 3. The van der Waals surface area contributed by atoms with Crippen LogP contribution in [-0.2, 0) is 9.59 Å². The molecule has 3 amide bonds. The van der Waals surface area contributed by atoms with Crippen molar-refractivity contribution in [3.8, 4) is 0 Å². The molecule has 0 aliphatic carbocycles. The van der Waals surface area contributed by atoms with E-state index in [4.69, 9.17) is 4.52 Å². The summed E-state index contributed by atoms with van der Waals surface area (Å²) in [7, 11) is 0. The zero-order valence-corrected chi connectivity index (χ0v) is 17.0. The largest absolute Gasteiger partial charge is 0.361 e. The topological polar surface area (TPSA) is 139 Å². The lowest BCUT2D eigenvalue weighted by Gasteiger charge is -2.06. The molecule has 0 radical (unpaired) electrons. The highest BCUT2D eigenvalue weighted by Crippen LogP contribution is 2.26. The van der Waals surface area contributed by atoms with Crippen LogP contribution in [0.5, 0.6) is 0 Å². The van der Waals surface area contributed by atoms with E-state index in [0.717, 1.165) is 11.3 Å². The first-order valence-electron chi connectivity index (χ1n) is 8.27. The van der Waals surface area contributed by atoms with Crippen molar-refractivity contribution in [1.29, 1.82) is 0 Å². The number of anilines is 3. The first kappa shape index (κ1) is 20.5. The Bertz CT molecular complexity index is 1030. The Kier molecular flexibility index (Phi) is 6.57. The summed E-state index contributed by atoms with van der Waals surface area (Å²) in [4.78, 5) is 35.1. The maximum atomic E-state index is 12.1. The third-order valence-corrected chi connectivity index (χ3v) is 5.28. The molecule has 12 heteroatoms. The Morgan fingerprint density at radius 3 is 2.38 bits per heavy atom. The molecule has 0 spiro atoms. The van der Waals surface area contributed by atoms with Gasteiger partial charge in [-0.05, 0) is 31.2 Å². The lowest BCUT2D eigenvalue weighted by molar-refractivity contribution is -0.114. The summed E-state index contributed by atoms with van der Waals surface area (Å²) in [5.74, 6) is -0.184. The average Bonchev–Trinajstić information content (AvgIpc) is 3.30. The van der Waals surface area contributed by atoms with Gasteiger partial charge in [-0.3, -0.25) is 19.7 Å². The van der Waals surface area contributed by atoms with Crippen LogP contribution in [-0.4, -0.2) is 38.8 Å². The van der Waals surface area contributed by atoms with E-state index in [0.29, 0.717) is 26.6 Å². The molecule has 150 valence electrons. The van der Waals surface area contributed by atoms with E-state index < -0.39 is 5.91 Å². The van der Waals surface area contributed by atoms with Crippen LogP contribution in [0.4, 0.5) is 16.5 Å². The van der Waals surface area contributed by atoms with E-state index in [1.54, 1.807) is 31.2 Å². The van der Waals surface area contributed by atoms with Crippen LogP contribution in [0.3, 0.4) is 0 Å². The highest BCUT2D eigenvalue weighted by Gasteiger charge is 2.14. The normalized spacial score (nSPS) is 10.4. The van der Waals surface area contributed by atoms with Crippen molar-refractivity contribution < 1.29 is 18.9 Å². The van der Waals surface area contributed by atoms with Gasteiger partial charge in [0.2, 0.25) is 16.9 Å². The smallest absolute Gasteiger partial charge is 0.279 e. The van der Waals surface area contributed by atoms with Crippen molar-refractivity contribution in [2.24, 2.45) is 0 Å². The van der Waals surface area contributed by atoms with Crippen LogP contribution in [0, 0.1) is 6.92 Å². The van der Waals surface area contributed by atoms with Gasteiger partial charge >= 0.3 is 0 Å². The summed E-state index contributed by atoms with van der Waals surface area (Å²) in [5, 5.41) is 19.7. The molecule has 2 heterocycles. The van der Waals surface area contributed by atoms with Crippen molar-refractivity contribution in [3.63, 3.8) is 0 Å². The number of carbonyl (C=O) groups is 3. The van der Waals surface area contributed by atoms with Gasteiger partial charge in [-0.25, -0.2) is 0 Å². The fraction of sp³-hybridized carbons (Fsp3) is 0.176. The molecule has 2 aromatic heterocycles. The van der Waals surface area contributed by atoms with Gasteiger partial charge < -0.3 is 15.2 Å². The summed E-state index contributed by atoms with van der Waals surface area (Å²) in [6.07, 6.45) is 0. The van der Waals surface area contributed by atoms with E-state index in [-0.39, 0.29) is 23.3 Å². The fourth-order valence-electron chi connectivity index (χ4n) is 2.12. The number of nitrogens with zero attached hydrogens (tertiary/aromatic N) is 3. The van der Waals surface area contributed by atoms with Crippen LogP contribution < -0.4 is 16.0 Å². The minimum absolute atomic E-state index is 0.124. The molecule has 29 heavy (non-hydrogen) atoms. The molecule has 0 atom stereocenters. The Hall–Kier alpha value is -3.25. The van der Waals surface area contributed by atoms with Crippen molar-refractivity contribution in [3.05, 3.63) is 41.8 Å². The molecular formula is C17H16N6O4S2. The molecule has 3 N–H and O–H groups in total. The second-order valence-corrected chi connectivity index (χ2v) is 7.95. The number of aryl methyl sites for hydroxylation is 1. The van der Waals surface area contributed by atoms with E-state index in [2.05, 4.69) is 31.3 Å². The second kappa shape index (κ2) is 9.30. The molecule has 0 bridgehead atoms. The number of hydrogen-bond donors (Lipinski definition) is 3. The summed E-state index contributed by atoms with van der Waals surface area (Å²) in [6, 6.07) is 8.29. The van der Waals surface area contributed by atoms with Gasteiger partial charge in [0.15, 0.2) is 10.0 Å². The van der Waals surface area contributed by atoms with Gasteiger partial charge in [-0.15, -0.1) is 10.2 Å². The van der Waals surface area contributed by atoms with Crippen LogP contribution in [0.15, 0.2) is 39.2 Å². The monoisotopic (exact) mass is 432 g/mol. The molecule has 0 aliphatic rings. The van der Waals surface area contributed by atoms with Gasteiger partial charge in [0.1, 0.15) is 5.76 Å². The summed E-state index contributed by atoms with van der Waals surface area (Å²) in [6.45, 7) is 3.11. The molecule has 0 fully saturated rings. The Morgan fingerprint density at radius 1 is 1.07 bits per heavy atom. The maximum Gasteiger partial charge on any atom is 0.279 e. The van der Waals surface area contributed by atoms with E-state index in [1.165, 1.54) is 24.8 Å². The van der Waals surface area contributed by atoms with Crippen LogP contribution >= 0.6 is 23.1 Å². The van der Waals surface area contributed by atoms with Crippen molar-refractivity contribution >= 4 is 57.3 Å². The summed E-state index contributed by atoms with van der Waals surface area (Å²) >= 11 is 2.35. The number of hydrogen-bond acceptors (Lipinski definition) is 9. The SMILES string of the molecule is CC(=O)Nc1ccc(NC(=O)CSc2nnc(NC(=O)c3cc(C)on3)s2)cc1. The average molecular weight is 432 g/mol. The molecule has 3 aromatic rings. The third-order valence-electron chi connectivity index (χ3n) is 3.30. The number of aromatic nitrogens is 3. The third kappa shape index (κ3) is 6.12. The molecule has 0 unspecified atom stereocenters. The molecular weight excluding hydrogens is 416 g/mol. The van der Waals surface area contributed by atoms with Crippen LogP contribution in [0.25, 0.3) is 0 Å². The van der Waals surface area contributed by atoms with Gasteiger partial charge in [0.05, 0.1) is 5.75 Å². The molecule has 3 rings (SSSR count). The first-order chi connectivity index (χ1) is 13.9. The molecule has 0 saturated carbocycles. The Balaban J connectivity index is 1.47. The van der Waals surface area contributed by atoms with Crippen molar-refractivity contribution in [1.82, 2.24) is 15.4 Å². The predicted octanol–water partition coefficient (Wildman–Crippen LogP) is 2.78. The standard InChI is InChI=1S/C17H16N6O4S2/c1-9-7-13(23-27-9)15(26)20-16-21-22-17(29-16)28-8-14(25)19-12-5-3-11(4-6-12)18-10(2)24/h3-7H,8H2,1-2H3,(H,18,24)(H,19,25)(H,20,21,26). The minimum atomic E-state index is -0.449. The quantitative estimate of drug-likeness (QED) is 0.383. The number of rotatable bonds is 7. The first-order valence-corrected chi connectivity index (χ1v) is 10.1. The van der Waals surface area contributed by atoms with Gasteiger partial charge in [0.25, 0.3) is 5.91 Å².